The Balaban J connectivity index is 1.61. The molecule has 2 aliphatic carbocycles. The van der Waals surface area contributed by atoms with E-state index in [1.165, 1.54) is 50.7 Å². The fourth-order valence-corrected chi connectivity index (χ4v) is 4.31. The van der Waals surface area contributed by atoms with Gasteiger partial charge in [-0.05, 0) is 37.3 Å². The molecule has 1 N–H and O–H groups in total. The maximum Gasteiger partial charge on any atom is 0.433 e. The van der Waals surface area contributed by atoms with Gasteiger partial charge in [0.1, 0.15) is 17.2 Å². The molecule has 0 spiro atoms. The minimum atomic E-state index is -4.50. The molecule has 0 radical (unpaired) electrons. The lowest BCUT2D eigenvalue weighted by Gasteiger charge is -2.14. The summed E-state index contributed by atoms with van der Waals surface area (Å²) in [6.45, 7) is 0. The number of pyridine rings is 1. The molecular weight excluding hydrogens is 379 g/mol. The summed E-state index contributed by atoms with van der Waals surface area (Å²) >= 11 is 0. The van der Waals surface area contributed by atoms with E-state index in [1.54, 1.807) is 0 Å². The first-order valence-corrected chi connectivity index (χ1v) is 10.5. The lowest BCUT2D eigenvalue weighted by molar-refractivity contribution is -0.141. The van der Waals surface area contributed by atoms with Crippen LogP contribution in [0.5, 0.6) is 0 Å². The van der Waals surface area contributed by atoms with Crippen molar-refractivity contribution >= 4 is 5.95 Å². The van der Waals surface area contributed by atoms with Crippen LogP contribution in [-0.2, 0) is 12.6 Å². The van der Waals surface area contributed by atoms with Gasteiger partial charge < -0.3 is 5.32 Å². The van der Waals surface area contributed by atoms with Gasteiger partial charge in [-0.25, -0.2) is 9.97 Å². The van der Waals surface area contributed by atoms with E-state index in [2.05, 4.69) is 25.3 Å². The third kappa shape index (κ3) is 5.22. The summed E-state index contributed by atoms with van der Waals surface area (Å²) in [6, 6.07) is 4.13. The first-order valence-electron chi connectivity index (χ1n) is 10.5. The number of hydrogen-bond acceptors (Lipinski definition) is 5. The van der Waals surface area contributed by atoms with Crippen LogP contribution in [0.4, 0.5) is 19.1 Å². The van der Waals surface area contributed by atoms with Crippen molar-refractivity contribution in [3.8, 4) is 11.5 Å². The fraction of sp³-hybridized carbons (Fsp3) is 0.619. The van der Waals surface area contributed by atoms with Crippen molar-refractivity contribution < 1.29 is 13.2 Å². The number of halogens is 3. The first-order chi connectivity index (χ1) is 14.0. The van der Waals surface area contributed by atoms with E-state index in [0.717, 1.165) is 25.3 Å². The molecule has 2 saturated carbocycles. The van der Waals surface area contributed by atoms with E-state index in [9.17, 15) is 13.2 Å². The largest absolute Gasteiger partial charge is 0.433 e. The summed E-state index contributed by atoms with van der Waals surface area (Å²) in [7, 11) is 0. The number of alkyl halides is 3. The van der Waals surface area contributed by atoms with Gasteiger partial charge in [0.15, 0.2) is 5.82 Å². The highest BCUT2D eigenvalue weighted by molar-refractivity contribution is 5.51. The van der Waals surface area contributed by atoms with Crippen LogP contribution in [0.2, 0.25) is 0 Å². The summed E-state index contributed by atoms with van der Waals surface area (Å²) < 4.78 is 39.2. The van der Waals surface area contributed by atoms with Gasteiger partial charge in [-0.15, -0.1) is 0 Å². The minimum Gasteiger partial charge on any atom is -0.351 e. The minimum absolute atomic E-state index is 0.124. The van der Waals surface area contributed by atoms with Crippen molar-refractivity contribution in [1.82, 2.24) is 19.9 Å². The molecule has 0 saturated heterocycles. The molecule has 0 aliphatic heterocycles. The van der Waals surface area contributed by atoms with Crippen molar-refractivity contribution in [3.63, 3.8) is 0 Å². The Kier molecular flexibility index (Phi) is 5.96. The standard InChI is InChI=1S/C21H26F3N5/c22-21(23,24)17-11-5-10-16(26-17)19-27-18(13-12-14-6-1-2-7-14)28-20(29-19)25-15-8-3-4-9-15/h5,10-11,14-15H,1-4,6-9,12-13H2,(H,25,27,28,29). The van der Waals surface area contributed by atoms with E-state index in [1.807, 2.05) is 0 Å². The number of nitrogens with one attached hydrogen (secondary N) is 1. The molecule has 4 rings (SSSR count). The summed E-state index contributed by atoms with van der Waals surface area (Å²) in [5.74, 6) is 1.96. The molecule has 2 aromatic rings. The van der Waals surface area contributed by atoms with Gasteiger partial charge in [0.25, 0.3) is 0 Å². The number of aryl methyl sites for hydroxylation is 1. The number of hydrogen-bond donors (Lipinski definition) is 1. The second-order valence-corrected chi connectivity index (χ2v) is 8.12. The van der Waals surface area contributed by atoms with Crippen LogP contribution in [0.15, 0.2) is 18.2 Å². The van der Waals surface area contributed by atoms with Crippen molar-refractivity contribution in [2.75, 3.05) is 5.32 Å². The average Bonchev–Trinajstić information content (AvgIpc) is 3.40. The zero-order valence-corrected chi connectivity index (χ0v) is 16.4. The summed E-state index contributed by atoms with van der Waals surface area (Å²) in [5, 5.41) is 3.35. The van der Waals surface area contributed by atoms with Crippen molar-refractivity contribution in [1.29, 1.82) is 0 Å². The van der Waals surface area contributed by atoms with Crippen LogP contribution in [0, 0.1) is 5.92 Å². The molecule has 0 atom stereocenters. The maximum absolute atomic E-state index is 13.1. The molecule has 2 aliphatic rings. The van der Waals surface area contributed by atoms with E-state index in [-0.39, 0.29) is 11.5 Å². The maximum atomic E-state index is 13.1. The molecule has 2 heterocycles. The van der Waals surface area contributed by atoms with Gasteiger partial charge in [0, 0.05) is 12.5 Å². The first kappa shape index (κ1) is 20.0. The Morgan fingerprint density at radius 3 is 2.34 bits per heavy atom. The van der Waals surface area contributed by atoms with E-state index >= 15 is 0 Å². The Hall–Kier alpha value is -2.25. The number of nitrogens with zero attached hydrogens (tertiary/aromatic N) is 4. The van der Waals surface area contributed by atoms with Crippen LogP contribution in [0.3, 0.4) is 0 Å². The lowest BCUT2D eigenvalue weighted by Crippen LogP contribution is -2.18. The zero-order chi connectivity index (χ0) is 20.3. The van der Waals surface area contributed by atoms with Gasteiger partial charge in [0.2, 0.25) is 5.95 Å². The van der Waals surface area contributed by atoms with E-state index < -0.39 is 11.9 Å². The third-order valence-corrected chi connectivity index (χ3v) is 5.89. The third-order valence-electron chi connectivity index (χ3n) is 5.89. The Labute approximate surface area is 168 Å². The zero-order valence-electron chi connectivity index (χ0n) is 16.4. The highest BCUT2D eigenvalue weighted by Crippen LogP contribution is 2.30. The van der Waals surface area contributed by atoms with Gasteiger partial charge in [-0.3, -0.25) is 0 Å². The predicted molar refractivity (Wildman–Crippen MR) is 104 cm³/mol. The number of anilines is 1. The van der Waals surface area contributed by atoms with Crippen molar-refractivity contribution in [2.24, 2.45) is 5.92 Å². The predicted octanol–water partition coefficient (Wildman–Crippen LogP) is 5.43. The Morgan fingerprint density at radius 2 is 1.62 bits per heavy atom. The molecule has 5 nitrogen and oxygen atoms in total. The van der Waals surface area contributed by atoms with Crippen LogP contribution in [0.25, 0.3) is 11.5 Å². The summed E-state index contributed by atoms with van der Waals surface area (Å²) in [6.07, 6.45) is 6.67. The van der Waals surface area contributed by atoms with Crippen LogP contribution >= 0.6 is 0 Å². The highest BCUT2D eigenvalue weighted by Gasteiger charge is 2.32. The molecule has 8 heteroatoms. The number of rotatable bonds is 6. The molecule has 2 fully saturated rings. The molecule has 2 aromatic heterocycles. The topological polar surface area (TPSA) is 63.6 Å². The highest BCUT2D eigenvalue weighted by atomic mass is 19.4. The van der Waals surface area contributed by atoms with Crippen LogP contribution < -0.4 is 5.32 Å². The summed E-state index contributed by atoms with van der Waals surface area (Å²) in [4.78, 5) is 17.2. The lowest BCUT2D eigenvalue weighted by atomic mass is 10.0. The smallest absolute Gasteiger partial charge is 0.351 e. The second-order valence-electron chi connectivity index (χ2n) is 8.12. The SMILES string of the molecule is FC(F)(F)c1cccc(-c2nc(CCC3CCCC3)nc(NC3CCCC3)n2)n1. The molecule has 0 unspecified atom stereocenters. The van der Waals surface area contributed by atoms with Crippen LogP contribution in [-0.4, -0.2) is 26.0 Å². The number of aromatic nitrogens is 4. The molecule has 156 valence electrons. The Morgan fingerprint density at radius 1 is 0.897 bits per heavy atom. The molecular formula is C21H26F3N5. The van der Waals surface area contributed by atoms with E-state index in [4.69, 9.17) is 0 Å². The van der Waals surface area contributed by atoms with E-state index in [0.29, 0.717) is 30.2 Å². The molecule has 29 heavy (non-hydrogen) atoms. The normalized spacial score (nSPS) is 18.4. The van der Waals surface area contributed by atoms with Gasteiger partial charge in [-0.1, -0.05) is 44.6 Å². The molecule has 0 aromatic carbocycles. The average molecular weight is 405 g/mol. The van der Waals surface area contributed by atoms with Crippen molar-refractivity contribution in [3.05, 3.63) is 29.7 Å². The molecule has 0 bridgehead atoms. The van der Waals surface area contributed by atoms with Crippen molar-refractivity contribution in [2.45, 2.75) is 76.4 Å². The van der Waals surface area contributed by atoms with Crippen LogP contribution in [0.1, 0.15) is 69.3 Å². The fourth-order valence-electron chi connectivity index (χ4n) is 4.31. The monoisotopic (exact) mass is 405 g/mol. The van der Waals surface area contributed by atoms with Gasteiger partial charge in [-0.2, -0.15) is 23.1 Å². The Bertz CT molecular complexity index is 827. The quantitative estimate of drug-likeness (QED) is 0.694. The molecule has 0 amide bonds. The van der Waals surface area contributed by atoms with Gasteiger partial charge >= 0.3 is 6.18 Å². The van der Waals surface area contributed by atoms with Gasteiger partial charge in [0.05, 0.1) is 0 Å². The second kappa shape index (κ2) is 8.63. The summed E-state index contributed by atoms with van der Waals surface area (Å²) in [5.41, 5.74) is -0.813.